The second kappa shape index (κ2) is 4.69. The number of tetrazole rings is 1. The van der Waals surface area contributed by atoms with Gasteiger partial charge in [-0.1, -0.05) is 0 Å². The molecule has 9 heteroatoms. The van der Waals surface area contributed by atoms with E-state index in [2.05, 4.69) is 15.5 Å². The molecule has 0 spiro atoms. The Hall–Kier alpha value is -2.42. The molecule has 0 bridgehead atoms. The summed E-state index contributed by atoms with van der Waals surface area (Å²) in [6.07, 6.45) is 1.47. The van der Waals surface area contributed by atoms with E-state index in [9.17, 15) is 4.79 Å². The first-order valence-electron chi connectivity index (χ1n) is 5.83. The molecule has 0 aliphatic carbocycles. The first kappa shape index (κ1) is 10.5. The molecule has 19 heavy (non-hydrogen) atoms. The van der Waals surface area contributed by atoms with Crippen molar-refractivity contribution in [2.24, 2.45) is 7.05 Å². The predicted octanol–water partition coefficient (Wildman–Crippen LogP) is 0.330. The summed E-state index contributed by atoms with van der Waals surface area (Å²) in [6, 6.07) is 3.37. The van der Waals surface area contributed by atoms with Gasteiger partial charge in [0.25, 0.3) is 0 Å². The number of H-pyrrole nitrogens is 1. The van der Waals surface area contributed by atoms with Gasteiger partial charge < -0.3 is 4.74 Å². The third-order valence-electron chi connectivity index (χ3n) is 2.46. The third-order valence-corrected chi connectivity index (χ3v) is 3.35. The van der Waals surface area contributed by atoms with Crippen LogP contribution in [0.1, 0.15) is 4.88 Å². The zero-order chi connectivity index (χ0) is 14.1. The van der Waals surface area contributed by atoms with Crippen LogP contribution in [0.2, 0.25) is 1.41 Å². The number of ether oxygens (including phenoxy) is 1. The fourth-order valence-electron chi connectivity index (χ4n) is 1.53. The molecule has 0 aliphatic heterocycles. The number of aromatic nitrogens is 6. The fourth-order valence-corrected chi connectivity index (χ4v) is 2.30. The summed E-state index contributed by atoms with van der Waals surface area (Å²) in [5.41, 5.74) is 0.318. The third kappa shape index (κ3) is 2.15. The summed E-state index contributed by atoms with van der Waals surface area (Å²) < 4.78 is 15.1. The zero-order valence-electron chi connectivity index (χ0n) is 10.9. The molecule has 0 amide bonds. The van der Waals surface area contributed by atoms with Crippen molar-refractivity contribution in [1.29, 1.82) is 0 Å². The van der Waals surface area contributed by atoms with Crippen LogP contribution in [-0.2, 0) is 13.7 Å². The molecule has 3 heterocycles. The molecule has 0 fully saturated rings. The largest absolute Gasteiger partial charge is 0.471 e. The van der Waals surface area contributed by atoms with E-state index in [4.69, 9.17) is 6.15 Å². The monoisotopic (exact) mass is 280 g/mol. The first-order valence-corrected chi connectivity index (χ1v) is 6.26. The molecule has 3 aromatic heterocycles. The molecule has 0 aliphatic rings. The molecule has 0 unspecified atom stereocenters. The second-order valence-corrected chi connectivity index (χ2v) is 4.68. The number of thiophene rings is 1. The zero-order valence-corrected chi connectivity index (χ0v) is 10.7. The average molecular weight is 280 g/mol. The van der Waals surface area contributed by atoms with Crippen molar-refractivity contribution in [2.45, 2.75) is 6.61 Å². The lowest BCUT2D eigenvalue weighted by molar-refractivity contribution is 0.296. The van der Waals surface area contributed by atoms with E-state index in [1.807, 2.05) is 5.38 Å². The van der Waals surface area contributed by atoms with Gasteiger partial charge in [-0.3, -0.25) is 5.09 Å². The van der Waals surface area contributed by atoms with Crippen molar-refractivity contribution in [2.75, 3.05) is 0 Å². The minimum absolute atomic E-state index is 0.243. The fraction of sp³-hybridized carbons (Fsp3) is 0.200. The average Bonchev–Trinajstić information content (AvgIpc) is 3.11. The van der Waals surface area contributed by atoms with Crippen molar-refractivity contribution >= 4 is 11.3 Å². The molecular formula is C10H10N6O2S. The molecule has 0 saturated heterocycles. The highest BCUT2D eigenvalue weighted by atomic mass is 32.1. The van der Waals surface area contributed by atoms with Crippen molar-refractivity contribution < 1.29 is 6.15 Å². The topological polar surface area (TPSA) is 90.6 Å². The second-order valence-electron chi connectivity index (χ2n) is 3.68. The van der Waals surface area contributed by atoms with Gasteiger partial charge in [0.05, 0.1) is 10.6 Å². The Balaban J connectivity index is 1.83. The summed E-state index contributed by atoms with van der Waals surface area (Å²) in [5, 5.41) is 14.0. The quantitative estimate of drug-likeness (QED) is 0.743. The van der Waals surface area contributed by atoms with E-state index in [-0.39, 0.29) is 12.3 Å². The predicted molar refractivity (Wildman–Crippen MR) is 67.4 cm³/mol. The minimum atomic E-state index is -0.319. The summed E-state index contributed by atoms with van der Waals surface area (Å²) in [7, 11) is 1.54. The van der Waals surface area contributed by atoms with E-state index in [1.54, 1.807) is 12.1 Å². The maximum Gasteiger partial charge on any atom is 0.368 e. The highest BCUT2D eigenvalue weighted by Crippen LogP contribution is 2.20. The van der Waals surface area contributed by atoms with Gasteiger partial charge in [-0.25, -0.2) is 4.79 Å². The molecular weight excluding hydrogens is 268 g/mol. The van der Waals surface area contributed by atoms with Gasteiger partial charge in [0, 0.05) is 19.3 Å². The van der Waals surface area contributed by atoms with Crippen LogP contribution in [0.15, 0.2) is 28.5 Å². The molecule has 3 rings (SSSR count). The number of nitrogens with one attached hydrogen (secondary N) is 1. The standard InChI is InChI=1S/C10H10N6O2S/c1-15-10(17)16(14-13-15)7-3-5-19-8(7)6-18-9-2-4-11-12-9/h2-5H,6H2,1H3,(H,11,12)/i/hT. The minimum Gasteiger partial charge on any atom is -0.471 e. The molecule has 0 radical (unpaired) electrons. The molecule has 0 saturated carbocycles. The Morgan fingerprint density at radius 2 is 2.42 bits per heavy atom. The summed E-state index contributed by atoms with van der Waals surface area (Å²) in [5.74, 6) is 0.353. The van der Waals surface area contributed by atoms with E-state index in [1.165, 1.54) is 29.3 Å². The Bertz CT molecular complexity index is 788. The lowest BCUT2D eigenvalue weighted by Crippen LogP contribution is -2.22. The summed E-state index contributed by atoms with van der Waals surface area (Å²) in [6.45, 7) is 0.243. The number of hydrogen-bond donors (Lipinski definition) is 1. The molecule has 3 aromatic rings. The number of aromatic amines is 1. The van der Waals surface area contributed by atoms with Gasteiger partial charge in [0.15, 0.2) is 1.41 Å². The molecule has 0 atom stereocenters. The number of nitrogens with zero attached hydrogens (tertiary/aromatic N) is 5. The van der Waals surface area contributed by atoms with E-state index >= 15 is 0 Å². The highest BCUT2D eigenvalue weighted by Gasteiger charge is 2.13. The van der Waals surface area contributed by atoms with Crippen LogP contribution in [-0.4, -0.2) is 30.0 Å². The molecule has 1 N–H and O–H groups in total. The van der Waals surface area contributed by atoms with Crippen LogP contribution in [0.25, 0.3) is 5.69 Å². The smallest absolute Gasteiger partial charge is 0.368 e. The lowest BCUT2D eigenvalue weighted by Gasteiger charge is -2.03. The Labute approximate surface area is 112 Å². The van der Waals surface area contributed by atoms with Crippen LogP contribution >= 0.6 is 11.3 Å². The maximum absolute atomic E-state index is 11.8. The van der Waals surface area contributed by atoms with Crippen LogP contribution in [0.4, 0.5) is 0 Å². The van der Waals surface area contributed by atoms with Gasteiger partial charge in [0.1, 0.15) is 6.61 Å². The number of aryl methyl sites for hydroxylation is 1. The van der Waals surface area contributed by atoms with Gasteiger partial charge in [-0.05, 0) is 21.9 Å². The highest BCUT2D eigenvalue weighted by molar-refractivity contribution is 7.10. The normalized spacial score (nSPS) is 11.5. The van der Waals surface area contributed by atoms with E-state index in [0.717, 1.165) is 14.7 Å². The van der Waals surface area contributed by atoms with Gasteiger partial charge >= 0.3 is 5.69 Å². The molecule has 0 aromatic carbocycles. The SMILES string of the molecule is [3H]n1ccc(OCc2sccc2-n2nnn(C)c2=O)n1. The van der Waals surface area contributed by atoms with E-state index < -0.39 is 0 Å². The Kier molecular flexibility index (Phi) is 2.59. The van der Waals surface area contributed by atoms with Crippen molar-refractivity contribution in [3.8, 4) is 11.6 Å². The van der Waals surface area contributed by atoms with Crippen LogP contribution < -0.4 is 10.4 Å². The first-order chi connectivity index (χ1) is 9.65. The maximum atomic E-state index is 11.8. The summed E-state index contributed by atoms with van der Waals surface area (Å²) in [4.78, 5) is 12.6. The van der Waals surface area contributed by atoms with Gasteiger partial charge in [0.2, 0.25) is 5.88 Å². The lowest BCUT2D eigenvalue weighted by atomic mass is 10.4. The van der Waals surface area contributed by atoms with Crippen LogP contribution in [0.3, 0.4) is 0 Å². The van der Waals surface area contributed by atoms with Gasteiger partial charge in [-0.2, -0.15) is 9.36 Å². The number of rotatable bonds is 4. The molecule has 98 valence electrons. The number of hydrogen-bond acceptors (Lipinski definition) is 6. The Morgan fingerprint density at radius 1 is 1.53 bits per heavy atom. The summed E-state index contributed by atoms with van der Waals surface area (Å²) >= 11 is 1.45. The van der Waals surface area contributed by atoms with Crippen LogP contribution in [0, 0.1) is 0 Å². The Morgan fingerprint density at radius 3 is 3.11 bits per heavy atom. The van der Waals surface area contributed by atoms with Crippen molar-refractivity contribution in [3.05, 3.63) is 39.1 Å². The molecule has 8 nitrogen and oxygen atoms in total. The van der Waals surface area contributed by atoms with Crippen molar-refractivity contribution in [1.82, 2.24) is 30.0 Å². The van der Waals surface area contributed by atoms with Crippen molar-refractivity contribution in [3.63, 3.8) is 0 Å². The van der Waals surface area contributed by atoms with E-state index in [0.29, 0.717) is 11.6 Å². The van der Waals surface area contributed by atoms with Crippen LogP contribution in [0.5, 0.6) is 5.88 Å². The van der Waals surface area contributed by atoms with Gasteiger partial charge in [-0.15, -0.1) is 16.4 Å².